The highest BCUT2D eigenvalue weighted by Crippen LogP contribution is 2.25. The van der Waals surface area contributed by atoms with Crippen molar-refractivity contribution in [2.75, 3.05) is 6.61 Å². The van der Waals surface area contributed by atoms with Crippen molar-refractivity contribution in [2.45, 2.75) is 25.9 Å². The lowest BCUT2D eigenvalue weighted by Crippen LogP contribution is -2.31. The molecule has 0 amide bonds. The zero-order chi connectivity index (χ0) is 12.8. The molecule has 1 aromatic rings. The molecule has 0 aliphatic heterocycles. The normalized spacial score (nSPS) is 12.4. The number of benzene rings is 1. The lowest BCUT2D eigenvalue weighted by atomic mass is 10.1. The molecule has 0 heterocycles. The molecule has 0 radical (unpaired) electrons. The topological polar surface area (TPSA) is 75.4 Å². The van der Waals surface area contributed by atoms with Gasteiger partial charge in [0.05, 0.1) is 16.0 Å². The van der Waals surface area contributed by atoms with Crippen molar-refractivity contribution in [3.63, 3.8) is 0 Å². The van der Waals surface area contributed by atoms with E-state index in [1.54, 1.807) is 6.07 Å². The average Bonchev–Trinajstić information content (AvgIpc) is 2.32. The first-order valence-corrected chi connectivity index (χ1v) is 6.14. The molecule has 0 aliphatic carbocycles. The molecule has 0 aromatic heterocycles. The number of hydrogen-bond acceptors (Lipinski definition) is 4. The van der Waals surface area contributed by atoms with Crippen molar-refractivity contribution in [2.24, 2.45) is 0 Å². The molecular weight excluding hydrogens is 288 g/mol. The van der Waals surface area contributed by atoms with Crippen LogP contribution in [0.15, 0.2) is 22.7 Å². The van der Waals surface area contributed by atoms with Crippen molar-refractivity contribution in [3.05, 3.63) is 38.3 Å². The van der Waals surface area contributed by atoms with Crippen LogP contribution >= 0.6 is 15.9 Å². The molecule has 1 atom stereocenters. The standard InChI is InChI=1S/C11H15BrN2O3/c1-2-9(7-15)13-6-8-3-4-10(12)11(5-8)14(16)17/h3-5,9,13,15H,2,6-7H2,1H3/t9-/m0/s1. The fraction of sp³-hybridized carbons (Fsp3) is 0.455. The van der Waals surface area contributed by atoms with Gasteiger partial charge in [-0.15, -0.1) is 0 Å². The summed E-state index contributed by atoms with van der Waals surface area (Å²) in [5.41, 5.74) is 0.883. The van der Waals surface area contributed by atoms with Crippen LogP contribution in [0.4, 0.5) is 5.69 Å². The third kappa shape index (κ3) is 4.07. The first kappa shape index (κ1) is 14.1. The molecule has 0 spiro atoms. The first-order chi connectivity index (χ1) is 8.08. The van der Waals surface area contributed by atoms with Gasteiger partial charge in [-0.05, 0) is 34.0 Å². The monoisotopic (exact) mass is 302 g/mol. The summed E-state index contributed by atoms with van der Waals surface area (Å²) >= 11 is 3.14. The van der Waals surface area contributed by atoms with Crippen molar-refractivity contribution in [3.8, 4) is 0 Å². The number of nitrogens with one attached hydrogen (secondary N) is 1. The highest BCUT2D eigenvalue weighted by atomic mass is 79.9. The Kier molecular flexibility index (Phi) is 5.54. The van der Waals surface area contributed by atoms with Gasteiger partial charge < -0.3 is 10.4 Å². The Morgan fingerprint density at radius 3 is 2.82 bits per heavy atom. The van der Waals surface area contributed by atoms with E-state index >= 15 is 0 Å². The Balaban J connectivity index is 2.72. The van der Waals surface area contributed by atoms with Crippen LogP contribution in [0, 0.1) is 10.1 Å². The van der Waals surface area contributed by atoms with Gasteiger partial charge in [-0.2, -0.15) is 0 Å². The maximum Gasteiger partial charge on any atom is 0.283 e. The zero-order valence-corrected chi connectivity index (χ0v) is 11.1. The molecule has 6 heteroatoms. The second-order valence-electron chi connectivity index (χ2n) is 3.71. The van der Waals surface area contributed by atoms with Crippen molar-refractivity contribution in [1.29, 1.82) is 0 Å². The third-order valence-corrected chi connectivity index (χ3v) is 3.19. The van der Waals surface area contributed by atoms with Gasteiger partial charge in [0.1, 0.15) is 0 Å². The van der Waals surface area contributed by atoms with Crippen LogP contribution in [-0.4, -0.2) is 22.7 Å². The van der Waals surface area contributed by atoms with E-state index in [0.29, 0.717) is 11.0 Å². The number of rotatable bonds is 6. The molecule has 94 valence electrons. The predicted molar refractivity (Wildman–Crippen MR) is 68.8 cm³/mol. The Morgan fingerprint density at radius 2 is 2.29 bits per heavy atom. The molecule has 0 saturated heterocycles. The minimum atomic E-state index is -0.420. The highest BCUT2D eigenvalue weighted by molar-refractivity contribution is 9.10. The van der Waals surface area contributed by atoms with Crippen LogP contribution in [0.2, 0.25) is 0 Å². The third-order valence-electron chi connectivity index (χ3n) is 2.52. The molecule has 0 saturated carbocycles. The Labute approximate surface area is 108 Å². The van der Waals surface area contributed by atoms with Crippen molar-refractivity contribution in [1.82, 2.24) is 5.32 Å². The summed E-state index contributed by atoms with van der Waals surface area (Å²) in [5.74, 6) is 0. The fourth-order valence-corrected chi connectivity index (χ4v) is 1.80. The summed E-state index contributed by atoms with van der Waals surface area (Å²) in [6, 6.07) is 5.03. The SMILES string of the molecule is CC[C@@H](CO)NCc1ccc(Br)c([N+](=O)[O-])c1. The van der Waals surface area contributed by atoms with Crippen molar-refractivity contribution >= 4 is 21.6 Å². The summed E-state index contributed by atoms with van der Waals surface area (Å²) in [4.78, 5) is 10.3. The molecular formula is C11H15BrN2O3. The van der Waals surface area contributed by atoms with E-state index < -0.39 is 4.92 Å². The van der Waals surface area contributed by atoms with Crippen LogP contribution in [-0.2, 0) is 6.54 Å². The van der Waals surface area contributed by atoms with Gasteiger partial charge in [0.2, 0.25) is 0 Å². The van der Waals surface area contributed by atoms with E-state index in [2.05, 4.69) is 21.2 Å². The molecule has 0 aliphatic rings. The largest absolute Gasteiger partial charge is 0.395 e. The van der Waals surface area contributed by atoms with E-state index in [9.17, 15) is 10.1 Å². The number of nitrogens with zero attached hydrogens (tertiary/aromatic N) is 1. The second kappa shape index (κ2) is 6.68. The molecule has 0 unspecified atom stereocenters. The summed E-state index contributed by atoms with van der Waals surface area (Å²) in [5, 5.41) is 22.9. The quantitative estimate of drug-likeness (QED) is 0.624. The van der Waals surface area contributed by atoms with Gasteiger partial charge in [0.25, 0.3) is 5.69 Å². The summed E-state index contributed by atoms with van der Waals surface area (Å²) < 4.78 is 0.473. The summed E-state index contributed by atoms with van der Waals surface area (Å²) in [6.45, 7) is 2.54. The van der Waals surface area contributed by atoms with Gasteiger partial charge >= 0.3 is 0 Å². The summed E-state index contributed by atoms with van der Waals surface area (Å²) in [6.07, 6.45) is 0.815. The van der Waals surface area contributed by atoms with Gasteiger partial charge in [0.15, 0.2) is 0 Å². The second-order valence-corrected chi connectivity index (χ2v) is 4.57. The van der Waals surface area contributed by atoms with Gasteiger partial charge in [-0.1, -0.05) is 13.0 Å². The van der Waals surface area contributed by atoms with Gasteiger partial charge in [-0.3, -0.25) is 10.1 Å². The van der Waals surface area contributed by atoms with Crippen molar-refractivity contribution < 1.29 is 10.0 Å². The number of nitro benzene ring substituents is 1. The molecule has 1 rings (SSSR count). The van der Waals surface area contributed by atoms with Crippen LogP contribution in [0.25, 0.3) is 0 Å². The van der Waals surface area contributed by atoms with E-state index in [4.69, 9.17) is 5.11 Å². The molecule has 1 aromatic carbocycles. The Hall–Kier alpha value is -0.980. The lowest BCUT2D eigenvalue weighted by Gasteiger charge is -2.13. The van der Waals surface area contributed by atoms with Crippen LogP contribution in [0.3, 0.4) is 0 Å². The molecule has 0 bridgehead atoms. The first-order valence-electron chi connectivity index (χ1n) is 5.35. The Morgan fingerprint density at radius 1 is 1.59 bits per heavy atom. The minimum absolute atomic E-state index is 0.0257. The maximum atomic E-state index is 10.7. The van der Waals surface area contributed by atoms with Crippen LogP contribution in [0.1, 0.15) is 18.9 Å². The maximum absolute atomic E-state index is 10.7. The molecule has 5 nitrogen and oxygen atoms in total. The predicted octanol–water partition coefficient (Wildman–Crippen LogP) is 2.22. The number of halogens is 1. The fourth-order valence-electron chi connectivity index (χ4n) is 1.41. The molecule has 2 N–H and O–H groups in total. The lowest BCUT2D eigenvalue weighted by molar-refractivity contribution is -0.385. The summed E-state index contributed by atoms with van der Waals surface area (Å²) in [7, 11) is 0. The van der Waals surface area contributed by atoms with Gasteiger partial charge in [0, 0.05) is 18.7 Å². The number of aliphatic hydroxyl groups excluding tert-OH is 1. The molecule has 0 fully saturated rings. The number of aliphatic hydroxyl groups is 1. The minimum Gasteiger partial charge on any atom is -0.395 e. The average molecular weight is 303 g/mol. The van der Waals surface area contributed by atoms with Gasteiger partial charge in [-0.25, -0.2) is 0 Å². The molecule has 17 heavy (non-hydrogen) atoms. The smallest absolute Gasteiger partial charge is 0.283 e. The Bertz CT molecular complexity index is 394. The number of nitro groups is 1. The van der Waals surface area contributed by atoms with Crippen LogP contribution < -0.4 is 5.32 Å². The van der Waals surface area contributed by atoms with E-state index in [0.717, 1.165) is 12.0 Å². The van der Waals surface area contributed by atoms with E-state index in [1.807, 2.05) is 13.0 Å². The zero-order valence-electron chi connectivity index (χ0n) is 9.52. The highest BCUT2D eigenvalue weighted by Gasteiger charge is 2.12. The van der Waals surface area contributed by atoms with Crippen LogP contribution in [0.5, 0.6) is 0 Å². The van der Waals surface area contributed by atoms with E-state index in [1.165, 1.54) is 6.07 Å². The number of hydrogen-bond donors (Lipinski definition) is 2. The van der Waals surface area contributed by atoms with E-state index in [-0.39, 0.29) is 18.3 Å².